The first-order chi connectivity index (χ1) is 8.88. The third kappa shape index (κ3) is 5.21. The molecule has 0 amide bonds. The molecule has 0 bridgehead atoms. The Kier molecular flexibility index (Phi) is 6.45. The molecule has 0 spiro atoms. The number of alkyl halides is 1. The first kappa shape index (κ1) is 16.6. The highest BCUT2D eigenvalue weighted by molar-refractivity contribution is 6.30. The fraction of sp³-hybridized carbons (Fsp3) is 0.600. The molecule has 0 aliphatic heterocycles. The Hall–Kier alpha value is -0.440. The van der Waals surface area contributed by atoms with Gasteiger partial charge in [0.15, 0.2) is 0 Å². The number of methoxy groups -OCH3 is 1. The monoisotopic (exact) mass is 303 g/mol. The van der Waals surface area contributed by atoms with Gasteiger partial charge in [0.05, 0.1) is 7.11 Å². The van der Waals surface area contributed by atoms with Gasteiger partial charge in [-0.1, -0.05) is 32.4 Å². The molecule has 0 heterocycles. The fourth-order valence-corrected chi connectivity index (χ4v) is 2.48. The van der Waals surface area contributed by atoms with Gasteiger partial charge in [0.25, 0.3) is 0 Å². The predicted octanol–water partition coefficient (Wildman–Crippen LogP) is 4.48. The van der Waals surface area contributed by atoms with Crippen LogP contribution in [-0.4, -0.2) is 19.0 Å². The van der Waals surface area contributed by atoms with Crippen LogP contribution in [0.1, 0.15) is 32.8 Å². The van der Waals surface area contributed by atoms with Gasteiger partial charge in [-0.25, -0.2) is 0 Å². The molecule has 108 valence electrons. The van der Waals surface area contributed by atoms with Gasteiger partial charge in [-0.3, -0.25) is 0 Å². The van der Waals surface area contributed by atoms with Gasteiger partial charge in [-0.05, 0) is 30.0 Å². The summed E-state index contributed by atoms with van der Waals surface area (Å²) in [6, 6.07) is 6.03. The molecular weight excluding hydrogens is 281 g/mol. The summed E-state index contributed by atoms with van der Waals surface area (Å²) < 4.78 is 5.35. The van der Waals surface area contributed by atoms with Gasteiger partial charge in [-0.15, -0.1) is 11.6 Å². The predicted molar refractivity (Wildman–Crippen MR) is 83.4 cm³/mol. The van der Waals surface area contributed by atoms with Crippen LogP contribution in [0.2, 0.25) is 5.02 Å². The molecular formula is C15H23Cl2NO. The van der Waals surface area contributed by atoms with E-state index in [0.717, 1.165) is 29.3 Å². The number of hydrogen-bond acceptors (Lipinski definition) is 2. The van der Waals surface area contributed by atoms with Crippen molar-refractivity contribution < 1.29 is 4.74 Å². The molecule has 1 rings (SSSR count). The van der Waals surface area contributed by atoms with E-state index in [0.29, 0.717) is 11.9 Å². The van der Waals surface area contributed by atoms with Crippen molar-refractivity contribution in [3.63, 3.8) is 0 Å². The van der Waals surface area contributed by atoms with Gasteiger partial charge in [0, 0.05) is 29.1 Å². The number of rotatable bonds is 6. The highest BCUT2D eigenvalue weighted by Gasteiger charge is 2.23. The van der Waals surface area contributed by atoms with Crippen LogP contribution in [0.3, 0.4) is 0 Å². The number of nitrogens with one attached hydrogen (secondary N) is 1. The Morgan fingerprint density at radius 1 is 1.32 bits per heavy atom. The van der Waals surface area contributed by atoms with Gasteiger partial charge in [0.1, 0.15) is 5.75 Å². The van der Waals surface area contributed by atoms with Crippen LogP contribution in [0.5, 0.6) is 5.75 Å². The van der Waals surface area contributed by atoms with Crippen molar-refractivity contribution in [2.75, 3.05) is 13.0 Å². The van der Waals surface area contributed by atoms with E-state index in [1.165, 1.54) is 0 Å². The molecule has 1 atom stereocenters. The number of ether oxygens (including phenoxy) is 1. The molecule has 0 saturated carbocycles. The second-order valence-electron chi connectivity index (χ2n) is 5.73. The highest BCUT2D eigenvalue weighted by atomic mass is 35.5. The lowest BCUT2D eigenvalue weighted by Gasteiger charge is -2.31. The molecule has 1 N–H and O–H groups in total. The summed E-state index contributed by atoms with van der Waals surface area (Å²) in [7, 11) is 1.67. The third-order valence-electron chi connectivity index (χ3n) is 3.22. The lowest BCUT2D eigenvalue weighted by Crippen LogP contribution is -2.40. The van der Waals surface area contributed by atoms with E-state index in [1.807, 2.05) is 18.2 Å². The van der Waals surface area contributed by atoms with E-state index in [1.54, 1.807) is 7.11 Å². The smallest absolute Gasteiger partial charge is 0.123 e. The quantitative estimate of drug-likeness (QED) is 0.782. The average Bonchev–Trinajstić information content (AvgIpc) is 2.33. The van der Waals surface area contributed by atoms with E-state index >= 15 is 0 Å². The van der Waals surface area contributed by atoms with Crippen molar-refractivity contribution in [2.45, 2.75) is 39.8 Å². The molecule has 1 aromatic carbocycles. The Bertz CT molecular complexity index is 402. The molecule has 4 heteroatoms. The van der Waals surface area contributed by atoms with Gasteiger partial charge in [-0.2, -0.15) is 0 Å². The minimum Gasteiger partial charge on any atom is -0.496 e. The second-order valence-corrected chi connectivity index (χ2v) is 6.55. The second kappa shape index (κ2) is 7.37. The molecule has 0 aromatic heterocycles. The van der Waals surface area contributed by atoms with Crippen molar-refractivity contribution in [3.8, 4) is 5.75 Å². The zero-order chi connectivity index (χ0) is 14.5. The summed E-state index contributed by atoms with van der Waals surface area (Å²) in [5, 5.41) is 4.28. The van der Waals surface area contributed by atoms with E-state index in [2.05, 4.69) is 26.1 Å². The fourth-order valence-electron chi connectivity index (χ4n) is 2.07. The first-order valence-corrected chi connectivity index (χ1v) is 7.41. The van der Waals surface area contributed by atoms with Gasteiger partial charge >= 0.3 is 0 Å². The SMILES string of the molecule is COc1ccc(Cl)cc1CNC(CCCl)C(C)(C)C. The molecule has 1 unspecified atom stereocenters. The van der Waals surface area contributed by atoms with Gasteiger partial charge < -0.3 is 10.1 Å². The minimum atomic E-state index is 0.167. The van der Waals surface area contributed by atoms with Gasteiger partial charge in [0.2, 0.25) is 0 Å². The normalized spacial score (nSPS) is 13.4. The molecule has 0 aliphatic carbocycles. The molecule has 0 saturated heterocycles. The van der Waals surface area contributed by atoms with Crippen LogP contribution in [0.15, 0.2) is 18.2 Å². The lowest BCUT2D eigenvalue weighted by molar-refractivity contribution is 0.259. The summed E-state index contributed by atoms with van der Waals surface area (Å²) in [5.41, 5.74) is 1.24. The molecule has 0 radical (unpaired) electrons. The maximum atomic E-state index is 6.04. The zero-order valence-corrected chi connectivity index (χ0v) is 13.6. The summed E-state index contributed by atoms with van der Waals surface area (Å²) in [4.78, 5) is 0. The Balaban J connectivity index is 2.76. The van der Waals surface area contributed by atoms with Crippen molar-refractivity contribution in [2.24, 2.45) is 5.41 Å². The lowest BCUT2D eigenvalue weighted by atomic mass is 9.85. The van der Waals surface area contributed by atoms with Crippen LogP contribution in [0.25, 0.3) is 0 Å². The molecule has 0 fully saturated rings. The topological polar surface area (TPSA) is 21.3 Å². The van der Waals surface area contributed by atoms with Crippen LogP contribution in [0, 0.1) is 5.41 Å². The Morgan fingerprint density at radius 3 is 2.53 bits per heavy atom. The van der Waals surface area contributed by atoms with Crippen molar-refractivity contribution >= 4 is 23.2 Å². The highest BCUT2D eigenvalue weighted by Crippen LogP contribution is 2.25. The van der Waals surface area contributed by atoms with E-state index < -0.39 is 0 Å². The van der Waals surface area contributed by atoms with E-state index in [9.17, 15) is 0 Å². The number of halogens is 2. The van der Waals surface area contributed by atoms with Crippen LogP contribution >= 0.6 is 23.2 Å². The summed E-state index contributed by atoms with van der Waals surface area (Å²) in [6.45, 7) is 7.37. The summed E-state index contributed by atoms with van der Waals surface area (Å²) in [5.74, 6) is 1.51. The van der Waals surface area contributed by atoms with Crippen molar-refractivity contribution in [1.29, 1.82) is 0 Å². The average molecular weight is 304 g/mol. The standard InChI is InChI=1S/C15H23Cl2NO/c1-15(2,3)14(7-8-16)18-10-11-9-12(17)5-6-13(11)19-4/h5-6,9,14,18H,7-8,10H2,1-4H3. The summed E-state index contributed by atoms with van der Waals surface area (Å²) in [6.07, 6.45) is 0.938. The number of benzene rings is 1. The first-order valence-electron chi connectivity index (χ1n) is 6.50. The van der Waals surface area contributed by atoms with Crippen LogP contribution < -0.4 is 10.1 Å². The van der Waals surface area contributed by atoms with Crippen LogP contribution in [-0.2, 0) is 6.54 Å². The van der Waals surface area contributed by atoms with Crippen LogP contribution in [0.4, 0.5) is 0 Å². The molecule has 0 aliphatic rings. The zero-order valence-electron chi connectivity index (χ0n) is 12.1. The Morgan fingerprint density at radius 2 is 2.00 bits per heavy atom. The van der Waals surface area contributed by atoms with Crippen molar-refractivity contribution in [1.82, 2.24) is 5.32 Å². The molecule has 19 heavy (non-hydrogen) atoms. The molecule has 1 aromatic rings. The maximum Gasteiger partial charge on any atom is 0.123 e. The van der Waals surface area contributed by atoms with E-state index in [4.69, 9.17) is 27.9 Å². The Labute approximate surface area is 126 Å². The minimum absolute atomic E-state index is 0.167. The third-order valence-corrected chi connectivity index (χ3v) is 3.68. The largest absolute Gasteiger partial charge is 0.496 e. The maximum absolute atomic E-state index is 6.04. The summed E-state index contributed by atoms with van der Waals surface area (Å²) >= 11 is 11.9. The van der Waals surface area contributed by atoms with E-state index in [-0.39, 0.29) is 5.41 Å². The molecule has 2 nitrogen and oxygen atoms in total. The number of hydrogen-bond donors (Lipinski definition) is 1. The van der Waals surface area contributed by atoms with Crippen molar-refractivity contribution in [3.05, 3.63) is 28.8 Å².